The average molecular weight is 228 g/mol. The van der Waals surface area contributed by atoms with Gasteiger partial charge in [-0.3, -0.25) is 4.98 Å². The first kappa shape index (κ1) is 12.1. The van der Waals surface area contributed by atoms with Gasteiger partial charge in [0.25, 0.3) is 0 Å². The number of rotatable bonds is 4. The van der Waals surface area contributed by atoms with Gasteiger partial charge in [0.1, 0.15) is 0 Å². The molecule has 17 heavy (non-hydrogen) atoms. The smallest absolute Gasteiger partial charge is 0.0705 e. The second-order valence-electron chi connectivity index (χ2n) is 4.67. The van der Waals surface area contributed by atoms with Crippen molar-refractivity contribution in [2.24, 2.45) is 0 Å². The van der Waals surface area contributed by atoms with Crippen LogP contribution in [-0.4, -0.2) is 11.0 Å². The predicted octanol–water partition coefficient (Wildman–Crippen LogP) is 3.43. The van der Waals surface area contributed by atoms with Crippen LogP contribution in [0.4, 0.5) is 0 Å². The number of pyridine rings is 1. The molecule has 0 aliphatic heterocycles. The lowest BCUT2D eigenvalue weighted by Crippen LogP contribution is -2.24. The van der Waals surface area contributed by atoms with Crippen molar-refractivity contribution >= 4 is 10.9 Å². The molecular formula is C15H20N2. The third-order valence-electron chi connectivity index (χ3n) is 3.16. The van der Waals surface area contributed by atoms with E-state index in [0.717, 1.165) is 24.2 Å². The fourth-order valence-electron chi connectivity index (χ4n) is 1.82. The summed E-state index contributed by atoms with van der Waals surface area (Å²) in [4.78, 5) is 4.51. The quantitative estimate of drug-likeness (QED) is 0.867. The molecule has 1 aromatic heterocycles. The molecule has 1 atom stereocenters. The van der Waals surface area contributed by atoms with Gasteiger partial charge in [-0.25, -0.2) is 0 Å². The second-order valence-corrected chi connectivity index (χ2v) is 4.67. The molecule has 90 valence electrons. The number of benzene rings is 1. The van der Waals surface area contributed by atoms with E-state index in [2.05, 4.69) is 54.5 Å². The van der Waals surface area contributed by atoms with Gasteiger partial charge >= 0.3 is 0 Å². The van der Waals surface area contributed by atoms with E-state index >= 15 is 0 Å². The maximum absolute atomic E-state index is 4.51. The van der Waals surface area contributed by atoms with Crippen LogP contribution in [0.3, 0.4) is 0 Å². The monoisotopic (exact) mass is 228 g/mol. The van der Waals surface area contributed by atoms with E-state index in [0.29, 0.717) is 6.04 Å². The van der Waals surface area contributed by atoms with E-state index in [1.807, 2.05) is 6.92 Å². The van der Waals surface area contributed by atoms with Gasteiger partial charge in [0, 0.05) is 23.7 Å². The molecular weight excluding hydrogens is 208 g/mol. The molecule has 0 aliphatic carbocycles. The van der Waals surface area contributed by atoms with Gasteiger partial charge in [-0.15, -0.1) is 0 Å². The molecule has 1 N–H and O–H groups in total. The van der Waals surface area contributed by atoms with Crippen LogP contribution >= 0.6 is 0 Å². The summed E-state index contributed by atoms with van der Waals surface area (Å²) in [5.74, 6) is 0. The number of hydrogen-bond acceptors (Lipinski definition) is 2. The van der Waals surface area contributed by atoms with Crippen molar-refractivity contribution in [1.82, 2.24) is 10.3 Å². The van der Waals surface area contributed by atoms with Crippen LogP contribution in [0, 0.1) is 6.92 Å². The van der Waals surface area contributed by atoms with Crippen LogP contribution in [0.25, 0.3) is 10.9 Å². The molecule has 0 radical (unpaired) electrons. The maximum atomic E-state index is 4.51. The molecule has 2 nitrogen and oxygen atoms in total. The summed E-state index contributed by atoms with van der Waals surface area (Å²) in [5, 5.41) is 4.73. The van der Waals surface area contributed by atoms with E-state index < -0.39 is 0 Å². The third kappa shape index (κ3) is 3.04. The van der Waals surface area contributed by atoms with Crippen LogP contribution in [0.1, 0.15) is 31.5 Å². The van der Waals surface area contributed by atoms with Crippen LogP contribution in [0.2, 0.25) is 0 Å². The van der Waals surface area contributed by atoms with Crippen molar-refractivity contribution in [1.29, 1.82) is 0 Å². The molecule has 1 aromatic carbocycles. The Morgan fingerprint density at radius 1 is 1.24 bits per heavy atom. The summed E-state index contributed by atoms with van der Waals surface area (Å²) in [5.41, 5.74) is 3.48. The summed E-state index contributed by atoms with van der Waals surface area (Å²) in [6.45, 7) is 7.37. The first-order chi connectivity index (χ1) is 8.19. The number of nitrogens with zero attached hydrogens (tertiary/aromatic N) is 1. The van der Waals surface area contributed by atoms with E-state index in [4.69, 9.17) is 0 Å². The van der Waals surface area contributed by atoms with Gasteiger partial charge in [0.15, 0.2) is 0 Å². The highest BCUT2D eigenvalue weighted by Gasteiger charge is 2.00. The highest BCUT2D eigenvalue weighted by atomic mass is 14.9. The van der Waals surface area contributed by atoms with E-state index in [9.17, 15) is 0 Å². The van der Waals surface area contributed by atoms with E-state index in [1.165, 1.54) is 10.9 Å². The lowest BCUT2D eigenvalue weighted by Gasteiger charge is -2.11. The summed E-state index contributed by atoms with van der Waals surface area (Å²) < 4.78 is 0. The molecule has 2 rings (SSSR count). The summed E-state index contributed by atoms with van der Waals surface area (Å²) in [6.07, 6.45) is 1.16. The standard InChI is InChI=1S/C15H20N2/c1-4-11(2)16-10-13-6-8-15-14(9-13)7-5-12(3)17-15/h5-9,11,16H,4,10H2,1-3H3. The van der Waals surface area contributed by atoms with Crippen LogP contribution in [-0.2, 0) is 6.54 Å². The average Bonchev–Trinajstić information content (AvgIpc) is 2.35. The minimum absolute atomic E-state index is 0.571. The Labute approximate surface area is 103 Å². The lowest BCUT2D eigenvalue weighted by molar-refractivity contribution is 0.534. The SMILES string of the molecule is CCC(C)NCc1ccc2nc(C)ccc2c1. The normalized spacial score (nSPS) is 12.9. The largest absolute Gasteiger partial charge is 0.310 e. The molecule has 0 fully saturated rings. The van der Waals surface area contributed by atoms with Crippen molar-refractivity contribution in [2.45, 2.75) is 39.8 Å². The molecule has 0 amide bonds. The molecule has 1 unspecified atom stereocenters. The maximum Gasteiger partial charge on any atom is 0.0705 e. The molecule has 0 saturated heterocycles. The third-order valence-corrected chi connectivity index (χ3v) is 3.16. The van der Waals surface area contributed by atoms with Gasteiger partial charge < -0.3 is 5.32 Å². The minimum atomic E-state index is 0.571. The molecule has 2 aromatic rings. The Balaban J connectivity index is 2.17. The molecule has 0 bridgehead atoms. The Kier molecular flexibility index (Phi) is 3.75. The van der Waals surface area contributed by atoms with Crippen molar-refractivity contribution in [3.8, 4) is 0 Å². The Morgan fingerprint density at radius 2 is 2.06 bits per heavy atom. The topological polar surface area (TPSA) is 24.9 Å². The molecule has 2 heteroatoms. The Morgan fingerprint density at radius 3 is 2.82 bits per heavy atom. The van der Waals surface area contributed by atoms with Gasteiger partial charge in [-0.2, -0.15) is 0 Å². The molecule has 0 saturated carbocycles. The van der Waals surface area contributed by atoms with E-state index in [-0.39, 0.29) is 0 Å². The highest BCUT2D eigenvalue weighted by Crippen LogP contribution is 2.14. The fraction of sp³-hybridized carbons (Fsp3) is 0.400. The first-order valence-electron chi connectivity index (χ1n) is 6.28. The first-order valence-corrected chi connectivity index (χ1v) is 6.28. The van der Waals surface area contributed by atoms with Crippen LogP contribution < -0.4 is 5.32 Å². The van der Waals surface area contributed by atoms with Crippen molar-refractivity contribution in [3.05, 3.63) is 41.6 Å². The molecule has 1 heterocycles. The summed E-state index contributed by atoms with van der Waals surface area (Å²) in [7, 11) is 0. The zero-order valence-electron chi connectivity index (χ0n) is 10.8. The Hall–Kier alpha value is -1.41. The van der Waals surface area contributed by atoms with Crippen molar-refractivity contribution in [2.75, 3.05) is 0 Å². The minimum Gasteiger partial charge on any atom is -0.310 e. The van der Waals surface area contributed by atoms with Crippen molar-refractivity contribution < 1.29 is 0 Å². The second kappa shape index (κ2) is 5.28. The Bertz CT molecular complexity index is 505. The lowest BCUT2D eigenvalue weighted by atomic mass is 10.1. The highest BCUT2D eigenvalue weighted by molar-refractivity contribution is 5.79. The zero-order chi connectivity index (χ0) is 12.3. The molecule has 0 spiro atoms. The number of fused-ring (bicyclic) bond motifs is 1. The number of hydrogen-bond donors (Lipinski definition) is 1. The van der Waals surface area contributed by atoms with Crippen LogP contribution in [0.5, 0.6) is 0 Å². The number of aryl methyl sites for hydroxylation is 1. The summed E-state index contributed by atoms with van der Waals surface area (Å²) >= 11 is 0. The zero-order valence-corrected chi connectivity index (χ0v) is 10.8. The van der Waals surface area contributed by atoms with Gasteiger partial charge in [-0.05, 0) is 44.0 Å². The fourth-order valence-corrected chi connectivity index (χ4v) is 1.82. The van der Waals surface area contributed by atoms with E-state index in [1.54, 1.807) is 0 Å². The van der Waals surface area contributed by atoms with Crippen LogP contribution in [0.15, 0.2) is 30.3 Å². The van der Waals surface area contributed by atoms with Gasteiger partial charge in [0.2, 0.25) is 0 Å². The van der Waals surface area contributed by atoms with Gasteiger partial charge in [-0.1, -0.05) is 19.1 Å². The van der Waals surface area contributed by atoms with Crippen molar-refractivity contribution in [3.63, 3.8) is 0 Å². The number of aromatic nitrogens is 1. The van der Waals surface area contributed by atoms with Gasteiger partial charge in [0.05, 0.1) is 5.52 Å². The predicted molar refractivity (Wildman–Crippen MR) is 73.1 cm³/mol. The summed E-state index contributed by atoms with van der Waals surface area (Å²) in [6, 6.07) is 11.3. The molecule has 0 aliphatic rings. The number of nitrogens with one attached hydrogen (secondary N) is 1.